The fraction of sp³-hybridized carbons (Fsp3) is 0.333. The molecule has 0 amide bonds. The first-order chi connectivity index (χ1) is 6.15. The van der Waals surface area contributed by atoms with E-state index >= 15 is 0 Å². The van der Waals surface area contributed by atoms with E-state index in [2.05, 4.69) is 15.9 Å². The van der Waals surface area contributed by atoms with Gasteiger partial charge in [-0.1, -0.05) is 33.6 Å². The van der Waals surface area contributed by atoms with E-state index in [0.29, 0.717) is 18.0 Å². The lowest BCUT2D eigenvalue weighted by Gasteiger charge is -2.11. The maximum atomic E-state index is 9.61. The molecule has 1 atom stereocenters. The molecule has 4 heteroatoms. The van der Waals surface area contributed by atoms with Gasteiger partial charge in [-0.2, -0.15) is 0 Å². The minimum absolute atomic E-state index is 0.452. The lowest BCUT2D eigenvalue weighted by molar-refractivity contribution is 0.170. The summed E-state index contributed by atoms with van der Waals surface area (Å²) in [6, 6.07) is 5.41. The van der Waals surface area contributed by atoms with Gasteiger partial charge in [-0.05, 0) is 30.7 Å². The Morgan fingerprint density at radius 2 is 2.23 bits per heavy atom. The standard InChI is InChI=1S/C9H11BrClNO/c10-6-1-2-7(8(11)5-6)9(13)3-4-12/h1-2,5,9,13H,3-4,12H2/t9-/m0/s1. The first-order valence-corrected chi connectivity index (χ1v) is 5.15. The number of aliphatic hydroxyl groups is 1. The van der Waals surface area contributed by atoms with Gasteiger partial charge in [0.2, 0.25) is 0 Å². The quantitative estimate of drug-likeness (QED) is 0.881. The highest BCUT2D eigenvalue weighted by Crippen LogP contribution is 2.27. The summed E-state index contributed by atoms with van der Waals surface area (Å²) in [6.07, 6.45) is -0.0351. The third kappa shape index (κ3) is 2.95. The third-order valence-electron chi connectivity index (χ3n) is 1.76. The van der Waals surface area contributed by atoms with Crippen molar-refractivity contribution < 1.29 is 5.11 Å². The molecule has 0 spiro atoms. The summed E-state index contributed by atoms with van der Waals surface area (Å²) in [4.78, 5) is 0. The number of hydrogen-bond acceptors (Lipinski definition) is 2. The molecule has 2 nitrogen and oxygen atoms in total. The van der Waals surface area contributed by atoms with Gasteiger partial charge < -0.3 is 10.8 Å². The Kier molecular flexibility index (Phi) is 4.19. The average molecular weight is 265 g/mol. The predicted octanol–water partition coefficient (Wildman–Crippen LogP) is 2.48. The summed E-state index contributed by atoms with van der Waals surface area (Å²) in [5.74, 6) is 0. The molecule has 0 aromatic heterocycles. The molecule has 1 rings (SSSR count). The molecule has 0 unspecified atom stereocenters. The van der Waals surface area contributed by atoms with Crippen molar-refractivity contribution in [2.75, 3.05) is 6.54 Å². The van der Waals surface area contributed by atoms with Crippen molar-refractivity contribution in [1.29, 1.82) is 0 Å². The topological polar surface area (TPSA) is 46.2 Å². The second kappa shape index (κ2) is 4.96. The third-order valence-corrected chi connectivity index (χ3v) is 2.58. The molecule has 0 aliphatic carbocycles. The molecular formula is C9H11BrClNO. The van der Waals surface area contributed by atoms with Crippen molar-refractivity contribution in [1.82, 2.24) is 0 Å². The largest absolute Gasteiger partial charge is 0.388 e. The Hall–Kier alpha value is -0.0900. The van der Waals surface area contributed by atoms with Crippen LogP contribution >= 0.6 is 27.5 Å². The highest BCUT2D eigenvalue weighted by atomic mass is 79.9. The molecule has 1 aromatic rings. The smallest absolute Gasteiger partial charge is 0.0816 e. The van der Waals surface area contributed by atoms with Gasteiger partial charge in [0.05, 0.1) is 6.10 Å². The van der Waals surface area contributed by atoms with E-state index in [1.807, 2.05) is 6.07 Å². The highest BCUT2D eigenvalue weighted by Gasteiger charge is 2.10. The van der Waals surface area contributed by atoms with Crippen LogP contribution in [0, 0.1) is 0 Å². The van der Waals surface area contributed by atoms with Crippen molar-refractivity contribution >= 4 is 27.5 Å². The minimum Gasteiger partial charge on any atom is -0.388 e. The second-order valence-corrected chi connectivity index (χ2v) is 4.08. The summed E-state index contributed by atoms with van der Waals surface area (Å²) in [6.45, 7) is 0.452. The minimum atomic E-state index is -0.564. The normalized spacial score (nSPS) is 12.9. The van der Waals surface area contributed by atoms with Gasteiger partial charge in [-0.3, -0.25) is 0 Å². The zero-order chi connectivity index (χ0) is 9.84. The summed E-state index contributed by atoms with van der Waals surface area (Å²) in [5, 5.41) is 10.2. The van der Waals surface area contributed by atoms with Gasteiger partial charge >= 0.3 is 0 Å². The predicted molar refractivity (Wildman–Crippen MR) is 57.8 cm³/mol. The molecule has 3 N–H and O–H groups in total. The molecule has 0 heterocycles. The Labute approximate surface area is 90.8 Å². The van der Waals surface area contributed by atoms with Crippen LogP contribution in [0.5, 0.6) is 0 Å². The maximum absolute atomic E-state index is 9.61. The number of hydrogen-bond donors (Lipinski definition) is 2. The second-order valence-electron chi connectivity index (χ2n) is 2.76. The van der Waals surface area contributed by atoms with Crippen LogP contribution in [0.25, 0.3) is 0 Å². The SMILES string of the molecule is NCC[C@H](O)c1ccc(Br)cc1Cl. The van der Waals surface area contributed by atoms with Gasteiger partial charge in [0.25, 0.3) is 0 Å². The van der Waals surface area contributed by atoms with E-state index in [9.17, 15) is 5.11 Å². The van der Waals surface area contributed by atoms with Crippen LogP contribution in [-0.4, -0.2) is 11.7 Å². The van der Waals surface area contributed by atoms with Crippen LogP contribution in [-0.2, 0) is 0 Å². The number of rotatable bonds is 3. The van der Waals surface area contributed by atoms with Crippen molar-refractivity contribution in [2.45, 2.75) is 12.5 Å². The molecule has 0 fully saturated rings. The Morgan fingerprint density at radius 3 is 2.77 bits per heavy atom. The molecule has 0 aliphatic heterocycles. The Bertz CT molecular complexity index is 293. The highest BCUT2D eigenvalue weighted by molar-refractivity contribution is 9.10. The van der Waals surface area contributed by atoms with Crippen LogP contribution in [0.2, 0.25) is 5.02 Å². The van der Waals surface area contributed by atoms with Crippen molar-refractivity contribution in [2.24, 2.45) is 5.73 Å². The monoisotopic (exact) mass is 263 g/mol. The number of nitrogens with two attached hydrogens (primary N) is 1. The van der Waals surface area contributed by atoms with Crippen molar-refractivity contribution in [3.05, 3.63) is 33.3 Å². The molecule has 0 bridgehead atoms. The molecule has 13 heavy (non-hydrogen) atoms. The molecule has 72 valence electrons. The summed E-state index contributed by atoms with van der Waals surface area (Å²) >= 11 is 9.22. The zero-order valence-electron chi connectivity index (χ0n) is 7.00. The fourth-order valence-corrected chi connectivity index (χ4v) is 1.88. The molecule has 1 aromatic carbocycles. The molecule has 0 radical (unpaired) electrons. The Morgan fingerprint density at radius 1 is 1.54 bits per heavy atom. The number of aliphatic hydroxyl groups excluding tert-OH is 1. The van der Waals surface area contributed by atoms with Crippen molar-refractivity contribution in [3.8, 4) is 0 Å². The Balaban J connectivity index is 2.88. The van der Waals surface area contributed by atoms with Crippen LogP contribution in [0.1, 0.15) is 18.1 Å². The lowest BCUT2D eigenvalue weighted by atomic mass is 10.1. The van der Waals surface area contributed by atoms with E-state index in [4.69, 9.17) is 17.3 Å². The van der Waals surface area contributed by atoms with Gasteiger partial charge in [-0.15, -0.1) is 0 Å². The first-order valence-electron chi connectivity index (χ1n) is 3.98. The van der Waals surface area contributed by atoms with Crippen LogP contribution in [0.4, 0.5) is 0 Å². The van der Waals surface area contributed by atoms with Gasteiger partial charge in [0.15, 0.2) is 0 Å². The van der Waals surface area contributed by atoms with Gasteiger partial charge in [0.1, 0.15) is 0 Å². The average Bonchev–Trinajstić information content (AvgIpc) is 2.04. The van der Waals surface area contributed by atoms with E-state index in [1.165, 1.54) is 0 Å². The number of halogens is 2. The van der Waals surface area contributed by atoms with Crippen LogP contribution < -0.4 is 5.73 Å². The van der Waals surface area contributed by atoms with E-state index in [1.54, 1.807) is 12.1 Å². The number of benzene rings is 1. The molecular weight excluding hydrogens is 253 g/mol. The first kappa shape index (κ1) is 11.0. The van der Waals surface area contributed by atoms with Crippen LogP contribution in [0.3, 0.4) is 0 Å². The summed E-state index contributed by atoms with van der Waals surface area (Å²) < 4.78 is 0.904. The van der Waals surface area contributed by atoms with E-state index in [0.717, 1.165) is 10.0 Å². The summed E-state index contributed by atoms with van der Waals surface area (Å²) in [7, 11) is 0. The van der Waals surface area contributed by atoms with E-state index in [-0.39, 0.29) is 0 Å². The van der Waals surface area contributed by atoms with Crippen LogP contribution in [0.15, 0.2) is 22.7 Å². The maximum Gasteiger partial charge on any atom is 0.0816 e. The molecule has 0 saturated carbocycles. The fourth-order valence-electron chi connectivity index (χ4n) is 1.09. The van der Waals surface area contributed by atoms with Gasteiger partial charge in [0, 0.05) is 9.50 Å². The van der Waals surface area contributed by atoms with E-state index < -0.39 is 6.10 Å². The lowest BCUT2D eigenvalue weighted by Crippen LogP contribution is -2.06. The summed E-state index contributed by atoms with van der Waals surface area (Å²) in [5.41, 5.74) is 6.07. The molecule has 0 aliphatic rings. The molecule has 0 saturated heterocycles. The zero-order valence-corrected chi connectivity index (χ0v) is 9.35. The van der Waals surface area contributed by atoms with Crippen molar-refractivity contribution in [3.63, 3.8) is 0 Å². The van der Waals surface area contributed by atoms with Gasteiger partial charge in [-0.25, -0.2) is 0 Å².